The van der Waals surface area contributed by atoms with E-state index in [9.17, 15) is 13.2 Å². The smallest absolute Gasteiger partial charge is 0.303 e. The second-order valence-corrected chi connectivity index (χ2v) is 8.74. The van der Waals surface area contributed by atoms with Crippen LogP contribution in [0.2, 0.25) is 0 Å². The summed E-state index contributed by atoms with van der Waals surface area (Å²) in [5.41, 5.74) is 0. The summed E-state index contributed by atoms with van der Waals surface area (Å²) in [4.78, 5) is 10.4. The van der Waals surface area contributed by atoms with Gasteiger partial charge < -0.3 is 5.11 Å². The van der Waals surface area contributed by atoms with Crippen molar-refractivity contribution >= 4 is 43.3 Å². The first-order chi connectivity index (χ1) is 8.81. The first kappa shape index (κ1) is 16.6. The Morgan fingerprint density at radius 1 is 1.47 bits per heavy atom. The number of hydrogen-bond donors (Lipinski definition) is 2. The van der Waals surface area contributed by atoms with Crippen molar-refractivity contribution in [1.29, 1.82) is 0 Å². The van der Waals surface area contributed by atoms with E-state index in [0.717, 1.165) is 15.1 Å². The quantitative estimate of drug-likeness (QED) is 0.737. The van der Waals surface area contributed by atoms with E-state index in [1.807, 2.05) is 6.92 Å². The summed E-state index contributed by atoms with van der Waals surface area (Å²) >= 11 is 4.38. The van der Waals surface area contributed by atoms with E-state index in [2.05, 4.69) is 20.7 Å². The fourth-order valence-corrected chi connectivity index (χ4v) is 4.57. The van der Waals surface area contributed by atoms with Gasteiger partial charge in [-0.2, -0.15) is 0 Å². The van der Waals surface area contributed by atoms with Crippen molar-refractivity contribution in [3.05, 3.63) is 15.9 Å². The molecule has 0 aliphatic rings. The molecular weight excluding hydrogens is 354 g/mol. The number of carboxylic acid groups (broad SMARTS) is 1. The van der Waals surface area contributed by atoms with Crippen LogP contribution >= 0.6 is 27.3 Å². The second-order valence-electron chi connectivity index (χ2n) is 4.28. The predicted molar refractivity (Wildman–Crippen MR) is 77.9 cm³/mol. The maximum atomic E-state index is 11.9. The molecule has 5 nitrogen and oxygen atoms in total. The van der Waals surface area contributed by atoms with Gasteiger partial charge in [-0.15, -0.1) is 11.3 Å². The molecule has 8 heteroatoms. The lowest BCUT2D eigenvalue weighted by molar-refractivity contribution is -0.137. The Hall–Kier alpha value is -0.440. The minimum atomic E-state index is -3.44. The summed E-state index contributed by atoms with van der Waals surface area (Å²) in [5.74, 6) is -0.648. The molecule has 0 aliphatic heterocycles. The Kier molecular flexibility index (Phi) is 6.45. The minimum absolute atomic E-state index is 0.117. The molecule has 0 aliphatic carbocycles. The van der Waals surface area contributed by atoms with Gasteiger partial charge in [-0.25, -0.2) is 13.1 Å². The standard InChI is InChI=1S/C11H16BrNO4S2/c1-8(2-4-10(14)15)6-7-13-19(16,17)11-5-3-9(12)18-11/h3,5,8,13H,2,4,6-7H2,1H3,(H,14,15). The number of carbonyl (C=O) groups is 1. The van der Waals surface area contributed by atoms with Crippen LogP contribution in [-0.4, -0.2) is 26.0 Å². The summed E-state index contributed by atoms with van der Waals surface area (Å²) < 4.78 is 27.3. The Morgan fingerprint density at radius 3 is 2.68 bits per heavy atom. The Morgan fingerprint density at radius 2 is 2.16 bits per heavy atom. The van der Waals surface area contributed by atoms with Gasteiger partial charge >= 0.3 is 5.97 Å². The first-order valence-electron chi connectivity index (χ1n) is 5.78. The lowest BCUT2D eigenvalue weighted by Gasteiger charge is -2.10. The highest BCUT2D eigenvalue weighted by atomic mass is 79.9. The van der Waals surface area contributed by atoms with Crippen molar-refractivity contribution in [2.75, 3.05) is 6.54 Å². The number of rotatable bonds is 8. The van der Waals surface area contributed by atoms with Gasteiger partial charge in [0.1, 0.15) is 4.21 Å². The topological polar surface area (TPSA) is 83.5 Å². The number of nitrogens with one attached hydrogen (secondary N) is 1. The van der Waals surface area contributed by atoms with Crippen molar-refractivity contribution in [3.63, 3.8) is 0 Å². The monoisotopic (exact) mass is 369 g/mol. The molecule has 1 rings (SSSR count). The van der Waals surface area contributed by atoms with Crippen LogP contribution < -0.4 is 4.72 Å². The molecule has 0 amide bonds. The molecule has 1 unspecified atom stereocenters. The molecule has 0 bridgehead atoms. The van der Waals surface area contributed by atoms with E-state index in [0.29, 0.717) is 19.4 Å². The molecule has 108 valence electrons. The lowest BCUT2D eigenvalue weighted by atomic mass is 10.0. The van der Waals surface area contributed by atoms with Crippen LogP contribution in [0.1, 0.15) is 26.2 Å². The van der Waals surface area contributed by atoms with Crippen LogP contribution in [0.5, 0.6) is 0 Å². The average molecular weight is 370 g/mol. The molecule has 0 saturated heterocycles. The number of hydrogen-bond acceptors (Lipinski definition) is 4. The van der Waals surface area contributed by atoms with Crippen LogP contribution in [-0.2, 0) is 14.8 Å². The maximum Gasteiger partial charge on any atom is 0.303 e. The summed E-state index contributed by atoms with van der Waals surface area (Å²) in [6.45, 7) is 2.23. The van der Waals surface area contributed by atoms with Crippen molar-refractivity contribution < 1.29 is 18.3 Å². The molecule has 19 heavy (non-hydrogen) atoms. The van der Waals surface area contributed by atoms with Crippen LogP contribution in [0.15, 0.2) is 20.1 Å². The second kappa shape index (κ2) is 7.37. The van der Waals surface area contributed by atoms with Gasteiger partial charge in [-0.05, 0) is 46.8 Å². The Balaban J connectivity index is 2.38. The summed E-state index contributed by atoms with van der Waals surface area (Å²) in [7, 11) is -3.44. The van der Waals surface area contributed by atoms with E-state index < -0.39 is 16.0 Å². The molecule has 0 spiro atoms. The van der Waals surface area contributed by atoms with Gasteiger partial charge in [0.25, 0.3) is 0 Å². The molecule has 1 aromatic rings. The van der Waals surface area contributed by atoms with Crippen molar-refractivity contribution in [2.24, 2.45) is 5.92 Å². The third-order valence-electron chi connectivity index (χ3n) is 2.59. The van der Waals surface area contributed by atoms with Gasteiger partial charge in [-0.1, -0.05) is 6.92 Å². The van der Waals surface area contributed by atoms with Gasteiger partial charge in [0.05, 0.1) is 3.79 Å². The van der Waals surface area contributed by atoms with Gasteiger partial charge in [0.15, 0.2) is 0 Å². The largest absolute Gasteiger partial charge is 0.481 e. The number of thiophene rings is 1. The number of sulfonamides is 1. The fraction of sp³-hybridized carbons (Fsp3) is 0.545. The molecule has 1 atom stereocenters. The van der Waals surface area contributed by atoms with Crippen LogP contribution in [0.25, 0.3) is 0 Å². The van der Waals surface area contributed by atoms with Crippen molar-refractivity contribution in [2.45, 2.75) is 30.4 Å². The van der Waals surface area contributed by atoms with Gasteiger partial charge in [0.2, 0.25) is 10.0 Å². The predicted octanol–water partition coefficient (Wildman–Crippen LogP) is 2.68. The maximum absolute atomic E-state index is 11.9. The van der Waals surface area contributed by atoms with E-state index in [4.69, 9.17) is 5.11 Å². The van der Waals surface area contributed by atoms with Crippen LogP contribution in [0.4, 0.5) is 0 Å². The molecule has 2 N–H and O–H groups in total. The van der Waals surface area contributed by atoms with E-state index in [-0.39, 0.29) is 16.5 Å². The summed E-state index contributed by atoms with van der Waals surface area (Å²) in [6, 6.07) is 3.24. The summed E-state index contributed by atoms with van der Waals surface area (Å²) in [6.07, 6.45) is 1.30. The SMILES string of the molecule is CC(CCNS(=O)(=O)c1ccc(Br)s1)CCC(=O)O. The Labute approximate surface area is 125 Å². The minimum Gasteiger partial charge on any atom is -0.481 e. The normalized spacial score (nSPS) is 13.4. The average Bonchev–Trinajstić information content (AvgIpc) is 2.74. The molecule has 1 heterocycles. The highest BCUT2D eigenvalue weighted by molar-refractivity contribution is 9.11. The number of aliphatic carboxylic acids is 1. The van der Waals surface area contributed by atoms with Crippen molar-refractivity contribution in [1.82, 2.24) is 4.72 Å². The fourth-order valence-electron chi connectivity index (χ4n) is 1.47. The molecule has 1 aromatic heterocycles. The van der Waals surface area contributed by atoms with E-state index in [1.165, 1.54) is 0 Å². The number of halogens is 1. The summed E-state index contributed by atoms with van der Waals surface area (Å²) in [5, 5.41) is 8.55. The lowest BCUT2D eigenvalue weighted by Crippen LogP contribution is -2.25. The van der Waals surface area contributed by atoms with E-state index >= 15 is 0 Å². The van der Waals surface area contributed by atoms with Crippen LogP contribution in [0.3, 0.4) is 0 Å². The molecule has 0 fully saturated rings. The van der Waals surface area contributed by atoms with Crippen LogP contribution in [0, 0.1) is 5.92 Å². The Bertz CT molecular complexity index is 527. The third kappa shape index (κ3) is 6.03. The zero-order chi connectivity index (χ0) is 14.5. The zero-order valence-corrected chi connectivity index (χ0v) is 13.6. The van der Waals surface area contributed by atoms with Gasteiger partial charge in [-0.3, -0.25) is 4.79 Å². The highest BCUT2D eigenvalue weighted by Crippen LogP contribution is 2.25. The first-order valence-corrected chi connectivity index (χ1v) is 8.87. The highest BCUT2D eigenvalue weighted by Gasteiger charge is 2.16. The zero-order valence-electron chi connectivity index (χ0n) is 10.4. The molecular formula is C11H16BrNO4S2. The van der Waals surface area contributed by atoms with Crippen molar-refractivity contribution in [3.8, 4) is 0 Å². The van der Waals surface area contributed by atoms with E-state index in [1.54, 1.807) is 12.1 Å². The molecule has 0 radical (unpaired) electrons. The molecule has 0 aromatic carbocycles. The molecule has 0 saturated carbocycles. The third-order valence-corrected chi connectivity index (χ3v) is 6.17. The number of carboxylic acids is 1. The van der Waals surface area contributed by atoms with Gasteiger partial charge in [0, 0.05) is 13.0 Å².